The second kappa shape index (κ2) is 8.60. The lowest BCUT2D eigenvalue weighted by atomic mass is 10.1. The van der Waals surface area contributed by atoms with Gasteiger partial charge in [0.2, 0.25) is 0 Å². The number of benzene rings is 2. The first-order valence-corrected chi connectivity index (χ1v) is 9.72. The van der Waals surface area contributed by atoms with Gasteiger partial charge in [-0.15, -0.1) is 0 Å². The normalized spacial score (nSPS) is 10.7. The summed E-state index contributed by atoms with van der Waals surface area (Å²) < 4.78 is 1.90. The van der Waals surface area contributed by atoms with Crippen molar-refractivity contribution < 1.29 is 4.79 Å². The lowest BCUT2D eigenvalue weighted by Crippen LogP contribution is -2.32. The third-order valence-electron chi connectivity index (χ3n) is 4.62. The van der Waals surface area contributed by atoms with Gasteiger partial charge in [0.15, 0.2) is 0 Å². The van der Waals surface area contributed by atoms with Crippen molar-refractivity contribution in [3.63, 3.8) is 0 Å². The molecule has 4 aromatic rings. The third kappa shape index (κ3) is 4.54. The molecule has 0 atom stereocenters. The van der Waals surface area contributed by atoms with Crippen LogP contribution in [-0.4, -0.2) is 38.6 Å². The summed E-state index contributed by atoms with van der Waals surface area (Å²) in [6, 6.07) is 15.5. The molecule has 0 radical (unpaired) electrons. The molecule has 2 aromatic carbocycles. The lowest BCUT2D eigenvalue weighted by Gasteiger charge is -2.11. The second-order valence-corrected chi connectivity index (χ2v) is 6.87. The number of amides is 2. The molecule has 0 unspecified atom stereocenters. The number of imidazole rings is 1. The highest BCUT2D eigenvalue weighted by molar-refractivity contribution is 5.93. The van der Waals surface area contributed by atoms with Gasteiger partial charge in [-0.05, 0) is 36.8 Å². The van der Waals surface area contributed by atoms with E-state index in [9.17, 15) is 4.79 Å². The first-order chi connectivity index (χ1) is 14.6. The Morgan fingerprint density at radius 1 is 1.00 bits per heavy atom. The van der Waals surface area contributed by atoms with Crippen molar-refractivity contribution in [2.45, 2.75) is 13.8 Å². The minimum atomic E-state index is -0.249. The van der Waals surface area contributed by atoms with Crippen molar-refractivity contribution in [1.29, 1.82) is 0 Å². The zero-order chi connectivity index (χ0) is 20.9. The minimum Gasteiger partial charge on any atom is -0.368 e. The molecule has 8 nitrogen and oxygen atoms in total. The van der Waals surface area contributed by atoms with Gasteiger partial charge in [0.25, 0.3) is 0 Å². The van der Waals surface area contributed by atoms with E-state index in [4.69, 9.17) is 0 Å². The van der Waals surface area contributed by atoms with Crippen LogP contribution in [0.3, 0.4) is 0 Å². The van der Waals surface area contributed by atoms with Crippen LogP contribution in [0.5, 0.6) is 0 Å². The van der Waals surface area contributed by atoms with Crippen LogP contribution >= 0.6 is 0 Å². The fourth-order valence-corrected chi connectivity index (χ4v) is 3.19. The molecule has 0 aliphatic heterocycles. The van der Waals surface area contributed by atoms with Crippen molar-refractivity contribution >= 4 is 28.3 Å². The number of anilines is 2. The maximum absolute atomic E-state index is 12.2. The first-order valence-electron chi connectivity index (χ1n) is 9.72. The van der Waals surface area contributed by atoms with Crippen molar-refractivity contribution in [3.05, 3.63) is 72.6 Å². The van der Waals surface area contributed by atoms with Gasteiger partial charge in [-0.25, -0.2) is 19.7 Å². The molecule has 0 aliphatic rings. The fraction of sp³-hybridized carbons (Fsp3) is 0.182. The molecule has 0 saturated heterocycles. The predicted molar refractivity (Wildman–Crippen MR) is 118 cm³/mol. The van der Waals surface area contributed by atoms with Crippen LogP contribution in [0.2, 0.25) is 0 Å². The average Bonchev–Trinajstić information content (AvgIpc) is 3.17. The Morgan fingerprint density at radius 2 is 1.83 bits per heavy atom. The van der Waals surface area contributed by atoms with Crippen LogP contribution < -0.4 is 16.0 Å². The van der Waals surface area contributed by atoms with Crippen LogP contribution in [0.4, 0.5) is 16.3 Å². The Kier molecular flexibility index (Phi) is 5.56. The van der Waals surface area contributed by atoms with Gasteiger partial charge in [-0.2, -0.15) is 0 Å². The van der Waals surface area contributed by atoms with Gasteiger partial charge in [0.05, 0.1) is 0 Å². The third-order valence-corrected chi connectivity index (χ3v) is 4.62. The number of carbonyl (C=O) groups excluding carboxylic acids is 1. The topological polar surface area (TPSA) is 96.8 Å². The van der Waals surface area contributed by atoms with Crippen molar-refractivity contribution in [2.75, 3.05) is 23.7 Å². The molecule has 8 heteroatoms. The SMILES string of the molecule is Cc1nc(NCCNC(=O)Nc2ccc3ccccc3c2)cc(-n2ccnc2C)n1. The number of hydrogen-bond donors (Lipinski definition) is 3. The number of nitrogens with zero attached hydrogens (tertiary/aromatic N) is 4. The minimum absolute atomic E-state index is 0.249. The molecule has 152 valence electrons. The van der Waals surface area contributed by atoms with Gasteiger partial charge < -0.3 is 16.0 Å². The lowest BCUT2D eigenvalue weighted by molar-refractivity contribution is 0.252. The number of aromatic nitrogens is 4. The van der Waals surface area contributed by atoms with Crippen LogP contribution in [0.1, 0.15) is 11.6 Å². The van der Waals surface area contributed by atoms with Crippen molar-refractivity contribution in [3.8, 4) is 5.82 Å². The summed E-state index contributed by atoms with van der Waals surface area (Å²) in [6.45, 7) is 4.74. The number of urea groups is 1. The highest BCUT2D eigenvalue weighted by Gasteiger charge is 2.07. The molecule has 0 bridgehead atoms. The molecule has 2 aromatic heterocycles. The summed E-state index contributed by atoms with van der Waals surface area (Å²) in [4.78, 5) is 25.3. The summed E-state index contributed by atoms with van der Waals surface area (Å²) >= 11 is 0. The maximum Gasteiger partial charge on any atom is 0.319 e. The van der Waals surface area contributed by atoms with E-state index in [-0.39, 0.29) is 6.03 Å². The summed E-state index contributed by atoms with van der Waals surface area (Å²) in [5, 5.41) is 11.1. The van der Waals surface area contributed by atoms with E-state index in [2.05, 4.69) is 30.9 Å². The number of nitrogens with one attached hydrogen (secondary N) is 3. The van der Waals surface area contributed by atoms with E-state index in [1.54, 1.807) is 6.20 Å². The van der Waals surface area contributed by atoms with E-state index < -0.39 is 0 Å². The molecular weight excluding hydrogens is 378 g/mol. The van der Waals surface area contributed by atoms with Crippen LogP contribution in [0.15, 0.2) is 60.9 Å². The van der Waals surface area contributed by atoms with Crippen molar-refractivity contribution in [1.82, 2.24) is 24.8 Å². The first kappa shape index (κ1) is 19.4. The van der Waals surface area contributed by atoms with E-state index >= 15 is 0 Å². The average molecular weight is 401 g/mol. The van der Waals surface area contributed by atoms with Gasteiger partial charge in [-0.1, -0.05) is 30.3 Å². The zero-order valence-corrected chi connectivity index (χ0v) is 16.9. The van der Waals surface area contributed by atoms with E-state index in [1.165, 1.54) is 0 Å². The molecule has 2 amide bonds. The quantitative estimate of drug-likeness (QED) is 0.429. The van der Waals surface area contributed by atoms with Crippen molar-refractivity contribution in [2.24, 2.45) is 0 Å². The molecule has 0 fully saturated rings. The maximum atomic E-state index is 12.2. The molecule has 30 heavy (non-hydrogen) atoms. The standard InChI is InChI=1S/C22H23N7O/c1-15-26-20(14-21(27-15)29-12-11-23-16(29)2)24-9-10-25-22(30)28-19-8-7-17-5-3-4-6-18(17)13-19/h3-8,11-14H,9-10H2,1-2H3,(H,24,26,27)(H2,25,28,30). The molecule has 3 N–H and O–H groups in total. The van der Waals surface area contributed by atoms with Crippen LogP contribution in [0, 0.1) is 13.8 Å². The zero-order valence-electron chi connectivity index (χ0n) is 16.9. The summed E-state index contributed by atoms with van der Waals surface area (Å²) in [6.07, 6.45) is 3.59. The Balaban J connectivity index is 1.30. The Bertz CT molecular complexity index is 1190. The smallest absolute Gasteiger partial charge is 0.319 e. The van der Waals surface area contributed by atoms with E-state index in [0.29, 0.717) is 24.7 Å². The molecule has 0 spiro atoms. The Hall–Kier alpha value is -3.94. The second-order valence-electron chi connectivity index (χ2n) is 6.87. The molecular formula is C22H23N7O. The number of rotatable bonds is 6. The van der Waals surface area contributed by atoms with Crippen LogP contribution in [0.25, 0.3) is 16.6 Å². The summed E-state index contributed by atoms with van der Waals surface area (Å²) in [7, 11) is 0. The van der Waals surface area contributed by atoms with Gasteiger partial charge in [0.1, 0.15) is 23.3 Å². The van der Waals surface area contributed by atoms with E-state index in [1.807, 2.05) is 73.1 Å². The molecule has 0 saturated carbocycles. The van der Waals surface area contributed by atoms with Gasteiger partial charge >= 0.3 is 6.03 Å². The number of aryl methyl sites for hydroxylation is 2. The van der Waals surface area contributed by atoms with Crippen LogP contribution in [-0.2, 0) is 0 Å². The van der Waals surface area contributed by atoms with Gasteiger partial charge in [0, 0.05) is 37.2 Å². The number of hydrogen-bond acceptors (Lipinski definition) is 5. The van der Waals surface area contributed by atoms with Gasteiger partial charge in [-0.3, -0.25) is 4.57 Å². The highest BCUT2D eigenvalue weighted by atomic mass is 16.2. The molecule has 0 aliphatic carbocycles. The summed E-state index contributed by atoms with van der Waals surface area (Å²) in [5.74, 6) is 2.96. The molecule has 2 heterocycles. The number of fused-ring (bicyclic) bond motifs is 1. The highest BCUT2D eigenvalue weighted by Crippen LogP contribution is 2.18. The summed E-state index contributed by atoms with van der Waals surface area (Å²) in [5.41, 5.74) is 0.755. The monoisotopic (exact) mass is 401 g/mol. The Morgan fingerprint density at radius 3 is 2.63 bits per heavy atom. The Labute approximate surface area is 174 Å². The predicted octanol–water partition coefficient (Wildman–Crippen LogP) is 3.67. The largest absolute Gasteiger partial charge is 0.368 e. The van der Waals surface area contributed by atoms with E-state index in [0.717, 1.165) is 28.1 Å². The number of carbonyl (C=O) groups is 1. The fourth-order valence-electron chi connectivity index (χ4n) is 3.19. The molecule has 4 rings (SSSR count).